The monoisotopic (exact) mass is 200 g/mol. The molecule has 3 heteroatoms. The molecule has 1 fully saturated rings. The first kappa shape index (κ1) is 12.0. The second-order valence-electron chi connectivity index (χ2n) is 4.32. The Labute approximate surface area is 87.6 Å². The molecule has 1 atom stereocenters. The van der Waals surface area contributed by atoms with Crippen molar-refractivity contribution in [2.24, 2.45) is 5.92 Å². The van der Waals surface area contributed by atoms with Crippen LogP contribution in [0.2, 0.25) is 0 Å². The lowest BCUT2D eigenvalue weighted by Crippen LogP contribution is -2.47. The van der Waals surface area contributed by atoms with Gasteiger partial charge in [0.15, 0.2) is 0 Å². The summed E-state index contributed by atoms with van der Waals surface area (Å²) in [4.78, 5) is 0. The predicted octanol–water partition coefficient (Wildman–Crippen LogP) is 0.999. The van der Waals surface area contributed by atoms with E-state index in [2.05, 4.69) is 24.5 Å². The van der Waals surface area contributed by atoms with Crippen molar-refractivity contribution in [3.8, 4) is 0 Å². The van der Waals surface area contributed by atoms with Crippen molar-refractivity contribution < 1.29 is 4.74 Å². The van der Waals surface area contributed by atoms with Gasteiger partial charge < -0.3 is 15.4 Å². The van der Waals surface area contributed by atoms with Crippen LogP contribution in [0.1, 0.15) is 26.7 Å². The Morgan fingerprint density at radius 3 is 2.64 bits per heavy atom. The highest BCUT2D eigenvalue weighted by Crippen LogP contribution is 2.23. The second-order valence-corrected chi connectivity index (χ2v) is 4.32. The van der Waals surface area contributed by atoms with Crippen molar-refractivity contribution in [3.05, 3.63) is 0 Å². The van der Waals surface area contributed by atoms with E-state index in [9.17, 15) is 0 Å². The maximum atomic E-state index is 5.51. The molecule has 0 aromatic heterocycles. The fourth-order valence-corrected chi connectivity index (χ4v) is 1.89. The van der Waals surface area contributed by atoms with E-state index in [1.165, 1.54) is 12.8 Å². The maximum absolute atomic E-state index is 5.51. The molecule has 1 aliphatic rings. The van der Waals surface area contributed by atoms with E-state index in [1.54, 1.807) is 0 Å². The fraction of sp³-hybridized carbons (Fsp3) is 1.00. The highest BCUT2D eigenvalue weighted by Gasteiger charge is 2.28. The summed E-state index contributed by atoms with van der Waals surface area (Å²) in [6, 6.07) is 0.700. The molecule has 0 bridgehead atoms. The van der Waals surface area contributed by atoms with Crippen molar-refractivity contribution in [2.45, 2.75) is 38.8 Å². The van der Waals surface area contributed by atoms with Crippen molar-refractivity contribution in [3.63, 3.8) is 0 Å². The highest BCUT2D eigenvalue weighted by atomic mass is 16.5. The van der Waals surface area contributed by atoms with E-state index >= 15 is 0 Å². The van der Waals surface area contributed by atoms with Crippen LogP contribution in [-0.2, 0) is 4.74 Å². The predicted molar refractivity (Wildman–Crippen MR) is 59.5 cm³/mol. The van der Waals surface area contributed by atoms with Crippen molar-refractivity contribution >= 4 is 0 Å². The number of hydrogen-bond donors (Lipinski definition) is 2. The van der Waals surface area contributed by atoms with Gasteiger partial charge in [0.2, 0.25) is 0 Å². The van der Waals surface area contributed by atoms with E-state index in [4.69, 9.17) is 4.74 Å². The van der Waals surface area contributed by atoms with E-state index < -0.39 is 0 Å². The van der Waals surface area contributed by atoms with E-state index in [1.807, 2.05) is 7.05 Å². The Morgan fingerprint density at radius 2 is 2.07 bits per heavy atom. The molecular weight excluding hydrogens is 176 g/mol. The highest BCUT2D eigenvalue weighted by molar-refractivity contribution is 4.86. The summed E-state index contributed by atoms with van der Waals surface area (Å²) in [6.45, 7) is 7.39. The van der Waals surface area contributed by atoms with Crippen LogP contribution in [0, 0.1) is 5.92 Å². The molecule has 84 valence electrons. The van der Waals surface area contributed by atoms with Gasteiger partial charge in [-0.15, -0.1) is 0 Å². The molecule has 3 nitrogen and oxygen atoms in total. The molecule has 1 unspecified atom stereocenters. The Kier molecular flexibility index (Phi) is 5.45. The van der Waals surface area contributed by atoms with Crippen molar-refractivity contribution in [1.82, 2.24) is 10.6 Å². The summed E-state index contributed by atoms with van der Waals surface area (Å²) < 4.78 is 5.51. The van der Waals surface area contributed by atoms with Crippen LogP contribution in [0.5, 0.6) is 0 Å². The number of ether oxygens (including phenoxy) is 1. The third-order valence-electron chi connectivity index (χ3n) is 2.80. The summed E-state index contributed by atoms with van der Waals surface area (Å²) in [5.74, 6) is 0.714. The zero-order valence-corrected chi connectivity index (χ0v) is 9.68. The number of nitrogens with one attached hydrogen (secondary N) is 2. The molecule has 0 heterocycles. The molecule has 0 aromatic rings. The number of rotatable bonds is 7. The summed E-state index contributed by atoms with van der Waals surface area (Å²) in [5, 5.41) is 6.76. The van der Waals surface area contributed by atoms with Gasteiger partial charge in [-0.2, -0.15) is 0 Å². The smallest absolute Gasteiger partial charge is 0.0604 e. The van der Waals surface area contributed by atoms with Crippen LogP contribution in [0.3, 0.4) is 0 Å². The first-order chi connectivity index (χ1) is 6.76. The first-order valence-electron chi connectivity index (χ1n) is 5.75. The Hall–Kier alpha value is -0.120. The van der Waals surface area contributed by atoms with Crippen molar-refractivity contribution in [2.75, 3.05) is 26.7 Å². The van der Waals surface area contributed by atoms with E-state index in [-0.39, 0.29) is 0 Å². The van der Waals surface area contributed by atoms with E-state index in [0.717, 1.165) is 19.7 Å². The third-order valence-corrected chi connectivity index (χ3v) is 2.80. The summed E-state index contributed by atoms with van der Waals surface area (Å²) in [5.41, 5.74) is 0. The molecule has 2 N–H and O–H groups in total. The second kappa shape index (κ2) is 6.38. The summed E-state index contributed by atoms with van der Waals surface area (Å²) in [6.07, 6.45) is 2.91. The standard InChI is InChI=1S/C11H24N2O/c1-4-14-11-5-10(6-11)13-8-9(2)7-12-3/h9-13H,4-8H2,1-3H3. The fourth-order valence-electron chi connectivity index (χ4n) is 1.89. The molecule has 0 aliphatic heterocycles. The average molecular weight is 200 g/mol. The molecule has 1 rings (SSSR count). The van der Waals surface area contributed by atoms with E-state index in [0.29, 0.717) is 18.1 Å². The van der Waals surface area contributed by atoms with Gasteiger partial charge in [0.1, 0.15) is 0 Å². The molecule has 1 saturated carbocycles. The van der Waals surface area contributed by atoms with Gasteiger partial charge in [0.25, 0.3) is 0 Å². The van der Waals surface area contributed by atoms with Gasteiger partial charge in [-0.3, -0.25) is 0 Å². The van der Waals surface area contributed by atoms with Crippen LogP contribution < -0.4 is 10.6 Å². The van der Waals surface area contributed by atoms with Crippen LogP contribution in [-0.4, -0.2) is 38.9 Å². The topological polar surface area (TPSA) is 33.3 Å². The molecule has 0 saturated heterocycles. The number of hydrogen-bond acceptors (Lipinski definition) is 3. The average Bonchev–Trinajstić information content (AvgIpc) is 2.09. The van der Waals surface area contributed by atoms with Gasteiger partial charge >= 0.3 is 0 Å². The Bertz CT molecular complexity index is 146. The van der Waals surface area contributed by atoms with Crippen LogP contribution in [0.15, 0.2) is 0 Å². The summed E-state index contributed by atoms with van der Waals surface area (Å²) in [7, 11) is 2.00. The largest absolute Gasteiger partial charge is 0.378 e. The first-order valence-corrected chi connectivity index (χ1v) is 5.75. The minimum atomic E-state index is 0.525. The maximum Gasteiger partial charge on any atom is 0.0604 e. The Balaban J connectivity index is 1.95. The normalized spacial score (nSPS) is 28.5. The molecule has 0 radical (unpaired) electrons. The van der Waals surface area contributed by atoms with Crippen molar-refractivity contribution in [1.29, 1.82) is 0 Å². The molecule has 0 amide bonds. The minimum Gasteiger partial charge on any atom is -0.378 e. The lowest BCUT2D eigenvalue weighted by Gasteiger charge is -2.36. The third kappa shape index (κ3) is 3.95. The van der Waals surface area contributed by atoms with Crippen LogP contribution in [0.4, 0.5) is 0 Å². The minimum absolute atomic E-state index is 0.525. The van der Waals surface area contributed by atoms with Gasteiger partial charge in [-0.1, -0.05) is 6.92 Å². The molecule has 0 aromatic carbocycles. The molecule has 14 heavy (non-hydrogen) atoms. The van der Waals surface area contributed by atoms with Gasteiger partial charge in [-0.25, -0.2) is 0 Å². The molecule has 0 spiro atoms. The molecule has 1 aliphatic carbocycles. The van der Waals surface area contributed by atoms with Gasteiger partial charge in [-0.05, 0) is 45.8 Å². The van der Waals surface area contributed by atoms with Crippen LogP contribution in [0.25, 0.3) is 0 Å². The lowest BCUT2D eigenvalue weighted by atomic mass is 9.89. The SMILES string of the molecule is CCOC1CC(NCC(C)CNC)C1. The zero-order valence-electron chi connectivity index (χ0n) is 9.68. The molecular formula is C11H24N2O. The van der Waals surface area contributed by atoms with Crippen LogP contribution >= 0.6 is 0 Å². The van der Waals surface area contributed by atoms with Gasteiger partial charge in [0.05, 0.1) is 6.10 Å². The summed E-state index contributed by atoms with van der Waals surface area (Å²) >= 11 is 0. The lowest BCUT2D eigenvalue weighted by molar-refractivity contribution is -0.0104. The Morgan fingerprint density at radius 1 is 1.36 bits per heavy atom. The quantitative estimate of drug-likeness (QED) is 0.643. The zero-order chi connectivity index (χ0) is 10.4. The van der Waals surface area contributed by atoms with Gasteiger partial charge in [0, 0.05) is 12.6 Å².